The molecule has 2 aliphatic rings. The number of amides is 1. The molecule has 0 spiro atoms. The molecule has 2 heterocycles. The summed E-state index contributed by atoms with van der Waals surface area (Å²) < 4.78 is 0. The van der Waals surface area contributed by atoms with Gasteiger partial charge in [0.05, 0.1) is 18.8 Å². The lowest BCUT2D eigenvalue weighted by molar-refractivity contribution is -0.132. The number of hydrogen-bond acceptors (Lipinski definition) is 3. The van der Waals surface area contributed by atoms with E-state index in [0.717, 1.165) is 24.2 Å². The van der Waals surface area contributed by atoms with Crippen LogP contribution in [-0.2, 0) is 4.79 Å². The summed E-state index contributed by atoms with van der Waals surface area (Å²) in [6.45, 7) is 4.48. The Balaban J connectivity index is 1.62. The third-order valence-electron chi connectivity index (χ3n) is 4.48. The van der Waals surface area contributed by atoms with E-state index in [4.69, 9.17) is 0 Å². The molecule has 4 heteroatoms. The van der Waals surface area contributed by atoms with Gasteiger partial charge in [0.15, 0.2) is 0 Å². The average Bonchev–Trinajstić information content (AvgIpc) is 3.00. The summed E-state index contributed by atoms with van der Waals surface area (Å²) >= 11 is 0. The highest BCUT2D eigenvalue weighted by Crippen LogP contribution is 2.18. The molecule has 1 aromatic rings. The van der Waals surface area contributed by atoms with Crippen LogP contribution < -0.4 is 0 Å². The van der Waals surface area contributed by atoms with Gasteiger partial charge in [0.2, 0.25) is 0 Å². The maximum absolute atomic E-state index is 12.4. The van der Waals surface area contributed by atoms with Crippen molar-refractivity contribution < 1.29 is 4.79 Å². The molecule has 112 valence electrons. The van der Waals surface area contributed by atoms with Crippen molar-refractivity contribution in [3.8, 4) is 0 Å². The third-order valence-corrected chi connectivity index (χ3v) is 4.48. The van der Waals surface area contributed by atoms with Gasteiger partial charge in [0.1, 0.15) is 0 Å². The first-order valence-corrected chi connectivity index (χ1v) is 7.91. The minimum absolute atomic E-state index is 0.134. The standard InChI is InChI=1S/C17H23N3O/c1-14-7-5-6-11-19(14)13-17(21)20-12-10-16(18-20)15-8-3-2-4-9-15/h2-4,8-9,14H,5-7,10-13H2,1H3. The zero-order chi connectivity index (χ0) is 14.7. The van der Waals surface area contributed by atoms with E-state index in [1.165, 1.54) is 19.3 Å². The fourth-order valence-corrected chi connectivity index (χ4v) is 3.12. The average molecular weight is 285 g/mol. The summed E-state index contributed by atoms with van der Waals surface area (Å²) in [4.78, 5) is 14.7. The Morgan fingerprint density at radius 1 is 1.24 bits per heavy atom. The summed E-state index contributed by atoms with van der Waals surface area (Å²) in [6.07, 6.45) is 4.54. The maximum atomic E-state index is 12.4. The van der Waals surface area contributed by atoms with E-state index in [2.05, 4.69) is 29.1 Å². The molecule has 1 unspecified atom stereocenters. The van der Waals surface area contributed by atoms with Crippen LogP contribution in [-0.4, -0.2) is 47.2 Å². The molecule has 0 bridgehead atoms. The number of benzene rings is 1. The van der Waals surface area contributed by atoms with Gasteiger partial charge in [-0.1, -0.05) is 36.8 Å². The van der Waals surface area contributed by atoms with Gasteiger partial charge in [-0.05, 0) is 31.9 Å². The van der Waals surface area contributed by atoms with Gasteiger partial charge in [-0.15, -0.1) is 0 Å². The highest BCUT2D eigenvalue weighted by molar-refractivity contribution is 6.02. The Hall–Kier alpha value is -1.68. The summed E-state index contributed by atoms with van der Waals surface area (Å²) in [7, 11) is 0. The lowest BCUT2D eigenvalue weighted by Gasteiger charge is -2.33. The number of piperidine rings is 1. The van der Waals surface area contributed by atoms with Crippen molar-refractivity contribution in [2.75, 3.05) is 19.6 Å². The van der Waals surface area contributed by atoms with Gasteiger partial charge >= 0.3 is 0 Å². The molecule has 21 heavy (non-hydrogen) atoms. The Labute approximate surface area is 126 Å². The normalized spacial score (nSPS) is 23.2. The zero-order valence-electron chi connectivity index (χ0n) is 12.7. The second-order valence-electron chi connectivity index (χ2n) is 5.99. The molecule has 0 aliphatic carbocycles. The highest BCUT2D eigenvalue weighted by Gasteiger charge is 2.26. The molecule has 1 aromatic carbocycles. The number of carbonyl (C=O) groups is 1. The molecule has 0 saturated carbocycles. The SMILES string of the molecule is CC1CCCCN1CC(=O)N1CCC(c2ccccc2)=N1. The molecular formula is C17H23N3O. The monoisotopic (exact) mass is 285 g/mol. The van der Waals surface area contributed by atoms with Crippen LogP contribution in [0.2, 0.25) is 0 Å². The van der Waals surface area contributed by atoms with Crippen LogP contribution in [0.1, 0.15) is 38.2 Å². The molecule has 1 atom stereocenters. The summed E-state index contributed by atoms with van der Waals surface area (Å²) in [6, 6.07) is 10.6. The van der Waals surface area contributed by atoms with Gasteiger partial charge < -0.3 is 0 Å². The van der Waals surface area contributed by atoms with Crippen LogP contribution in [0.3, 0.4) is 0 Å². The van der Waals surface area contributed by atoms with Crippen LogP contribution in [0, 0.1) is 0 Å². The molecule has 1 amide bonds. The largest absolute Gasteiger partial charge is 0.292 e. The quantitative estimate of drug-likeness (QED) is 0.855. The number of carbonyl (C=O) groups excluding carboxylic acids is 1. The first kappa shape index (κ1) is 14.3. The number of hydrogen-bond donors (Lipinski definition) is 0. The molecule has 0 aromatic heterocycles. The lowest BCUT2D eigenvalue weighted by Crippen LogP contribution is -2.44. The van der Waals surface area contributed by atoms with Crippen molar-refractivity contribution in [2.45, 2.75) is 38.6 Å². The van der Waals surface area contributed by atoms with E-state index in [1.807, 2.05) is 18.2 Å². The number of nitrogens with zero attached hydrogens (tertiary/aromatic N) is 3. The molecular weight excluding hydrogens is 262 g/mol. The maximum Gasteiger partial charge on any atom is 0.256 e. The molecule has 1 fully saturated rings. The molecule has 1 saturated heterocycles. The van der Waals surface area contributed by atoms with Gasteiger partial charge in [0, 0.05) is 12.5 Å². The van der Waals surface area contributed by atoms with Crippen LogP contribution >= 0.6 is 0 Å². The number of likely N-dealkylation sites (tertiary alicyclic amines) is 1. The lowest BCUT2D eigenvalue weighted by atomic mass is 10.0. The van der Waals surface area contributed by atoms with Crippen molar-refractivity contribution in [3.63, 3.8) is 0 Å². The fourth-order valence-electron chi connectivity index (χ4n) is 3.12. The zero-order valence-corrected chi connectivity index (χ0v) is 12.7. The number of rotatable bonds is 3. The van der Waals surface area contributed by atoms with Crippen LogP contribution in [0.5, 0.6) is 0 Å². The second-order valence-corrected chi connectivity index (χ2v) is 5.99. The van der Waals surface area contributed by atoms with Gasteiger partial charge in [-0.25, -0.2) is 5.01 Å². The van der Waals surface area contributed by atoms with E-state index >= 15 is 0 Å². The Kier molecular flexibility index (Phi) is 4.34. The minimum Gasteiger partial charge on any atom is -0.292 e. The van der Waals surface area contributed by atoms with E-state index in [1.54, 1.807) is 5.01 Å². The van der Waals surface area contributed by atoms with Crippen LogP contribution in [0.4, 0.5) is 0 Å². The molecule has 0 radical (unpaired) electrons. The van der Waals surface area contributed by atoms with Crippen molar-refractivity contribution in [1.29, 1.82) is 0 Å². The predicted molar refractivity (Wildman–Crippen MR) is 84.2 cm³/mol. The number of hydrazone groups is 1. The van der Waals surface area contributed by atoms with Crippen LogP contribution in [0.15, 0.2) is 35.4 Å². The van der Waals surface area contributed by atoms with Gasteiger partial charge in [-0.2, -0.15) is 5.10 Å². The van der Waals surface area contributed by atoms with E-state index in [-0.39, 0.29) is 5.91 Å². The Bertz CT molecular complexity index is 526. The first-order valence-electron chi connectivity index (χ1n) is 7.91. The van der Waals surface area contributed by atoms with Gasteiger partial charge in [0.25, 0.3) is 5.91 Å². The first-order chi connectivity index (χ1) is 10.2. The fraction of sp³-hybridized carbons (Fsp3) is 0.529. The van der Waals surface area contributed by atoms with Crippen molar-refractivity contribution >= 4 is 11.6 Å². The highest BCUT2D eigenvalue weighted by atomic mass is 16.2. The molecule has 4 nitrogen and oxygen atoms in total. The van der Waals surface area contributed by atoms with Gasteiger partial charge in [-0.3, -0.25) is 9.69 Å². The second kappa shape index (κ2) is 6.39. The summed E-state index contributed by atoms with van der Waals surface area (Å²) in [5.41, 5.74) is 2.15. The van der Waals surface area contributed by atoms with E-state index in [9.17, 15) is 4.79 Å². The molecule has 2 aliphatic heterocycles. The van der Waals surface area contributed by atoms with E-state index < -0.39 is 0 Å². The van der Waals surface area contributed by atoms with Crippen molar-refractivity contribution in [1.82, 2.24) is 9.91 Å². The van der Waals surface area contributed by atoms with Crippen molar-refractivity contribution in [2.24, 2.45) is 5.10 Å². The molecule has 3 rings (SSSR count). The Morgan fingerprint density at radius 3 is 2.81 bits per heavy atom. The van der Waals surface area contributed by atoms with Crippen LogP contribution in [0.25, 0.3) is 0 Å². The molecule has 0 N–H and O–H groups in total. The summed E-state index contributed by atoms with van der Waals surface area (Å²) in [5, 5.41) is 6.18. The smallest absolute Gasteiger partial charge is 0.256 e. The predicted octanol–water partition coefficient (Wildman–Crippen LogP) is 2.50. The van der Waals surface area contributed by atoms with Crippen molar-refractivity contribution in [3.05, 3.63) is 35.9 Å². The summed E-state index contributed by atoms with van der Waals surface area (Å²) in [5.74, 6) is 0.134. The third kappa shape index (κ3) is 3.32. The Morgan fingerprint density at radius 2 is 2.05 bits per heavy atom. The topological polar surface area (TPSA) is 35.9 Å². The minimum atomic E-state index is 0.134. The van der Waals surface area contributed by atoms with E-state index in [0.29, 0.717) is 19.1 Å².